The number of hydrogen-bond acceptors (Lipinski definition) is 6. The molecule has 1 fully saturated rings. The average Bonchev–Trinajstić information content (AvgIpc) is 2.71. The van der Waals surface area contributed by atoms with Gasteiger partial charge in [-0.05, 0) is 80.4 Å². The highest BCUT2D eigenvalue weighted by Gasteiger charge is 2.45. The summed E-state index contributed by atoms with van der Waals surface area (Å²) in [6.45, 7) is 28.6. The summed E-state index contributed by atoms with van der Waals surface area (Å²) in [5.41, 5.74) is 2.66. The fourth-order valence-electron chi connectivity index (χ4n) is 6.36. The Bertz CT molecular complexity index is 696. The lowest BCUT2D eigenvalue weighted by molar-refractivity contribution is -0.260. The Hall–Kier alpha value is -1.08. The molecule has 0 aliphatic carbocycles. The van der Waals surface area contributed by atoms with Crippen LogP contribution in [0.5, 0.6) is 0 Å². The summed E-state index contributed by atoms with van der Waals surface area (Å²) in [7, 11) is 0. The van der Waals surface area contributed by atoms with Gasteiger partial charge < -0.3 is 9.80 Å². The van der Waals surface area contributed by atoms with Gasteiger partial charge in [-0.25, -0.2) is 0 Å². The molecule has 3 heterocycles. The van der Waals surface area contributed by atoms with Crippen molar-refractivity contribution in [2.45, 2.75) is 117 Å². The van der Waals surface area contributed by atoms with Gasteiger partial charge in [-0.3, -0.25) is 9.68 Å². The molecule has 0 atom stereocenters. The maximum atomic E-state index is 6.21. The van der Waals surface area contributed by atoms with E-state index in [0.29, 0.717) is 0 Å². The van der Waals surface area contributed by atoms with Crippen molar-refractivity contribution in [2.24, 2.45) is 0 Å². The molecule has 0 amide bonds. The monoisotopic (exact) mass is 476 g/mol. The maximum Gasteiger partial charge on any atom is 0.0683 e. The number of nitrogens with zero attached hydrogens (tertiary/aromatic N) is 4. The van der Waals surface area contributed by atoms with Crippen molar-refractivity contribution in [1.29, 1.82) is 0 Å². The molecule has 3 aliphatic rings. The van der Waals surface area contributed by atoms with Crippen LogP contribution in [0.25, 0.3) is 0 Å². The third-order valence-corrected chi connectivity index (χ3v) is 7.35. The molecule has 0 aromatic heterocycles. The molecule has 0 bridgehead atoms. The molecular weight excluding hydrogens is 424 g/mol. The Morgan fingerprint density at radius 2 is 0.941 bits per heavy atom. The molecule has 3 rings (SSSR count). The summed E-state index contributed by atoms with van der Waals surface area (Å²) in [5.74, 6) is 0. The molecule has 6 nitrogen and oxygen atoms in total. The zero-order chi connectivity index (χ0) is 25.4. The SMILES string of the molecule is CCCON1C(C)(C)C=C(N2CCN(C3=CC(C)(C)N(OCCC)C(C)(C)C3)CC2)CC1(C)C. The van der Waals surface area contributed by atoms with E-state index in [1.807, 2.05) is 0 Å². The van der Waals surface area contributed by atoms with Gasteiger partial charge in [0.05, 0.1) is 24.3 Å². The molecular formula is C28H52N4O2. The summed E-state index contributed by atoms with van der Waals surface area (Å²) >= 11 is 0. The predicted molar refractivity (Wildman–Crippen MR) is 141 cm³/mol. The summed E-state index contributed by atoms with van der Waals surface area (Å²) in [4.78, 5) is 17.7. The summed E-state index contributed by atoms with van der Waals surface area (Å²) in [5, 5.41) is 4.46. The molecule has 0 spiro atoms. The Morgan fingerprint density at radius 3 is 1.21 bits per heavy atom. The van der Waals surface area contributed by atoms with E-state index in [1.54, 1.807) is 0 Å². The van der Waals surface area contributed by atoms with E-state index in [0.717, 1.165) is 65.1 Å². The van der Waals surface area contributed by atoms with Gasteiger partial charge in [0.2, 0.25) is 0 Å². The van der Waals surface area contributed by atoms with Gasteiger partial charge in [-0.1, -0.05) is 13.8 Å². The Morgan fingerprint density at radius 1 is 0.618 bits per heavy atom. The van der Waals surface area contributed by atoms with Crippen molar-refractivity contribution in [3.8, 4) is 0 Å². The molecule has 0 radical (unpaired) electrons. The van der Waals surface area contributed by atoms with Crippen LogP contribution in [0.15, 0.2) is 23.5 Å². The van der Waals surface area contributed by atoms with Crippen molar-refractivity contribution in [1.82, 2.24) is 19.9 Å². The molecule has 196 valence electrons. The van der Waals surface area contributed by atoms with Crippen LogP contribution in [0.4, 0.5) is 0 Å². The fraction of sp³-hybridized carbons (Fsp3) is 0.857. The molecule has 0 aromatic carbocycles. The quantitative estimate of drug-likeness (QED) is 0.455. The summed E-state index contributed by atoms with van der Waals surface area (Å²) in [6, 6.07) is 0. The smallest absolute Gasteiger partial charge is 0.0683 e. The highest BCUT2D eigenvalue weighted by Crippen LogP contribution is 2.41. The van der Waals surface area contributed by atoms with Crippen LogP contribution in [0.1, 0.15) is 94.9 Å². The van der Waals surface area contributed by atoms with E-state index in [9.17, 15) is 0 Å². The zero-order valence-electron chi connectivity index (χ0n) is 23.8. The zero-order valence-corrected chi connectivity index (χ0v) is 23.8. The van der Waals surface area contributed by atoms with Gasteiger partial charge in [0.25, 0.3) is 0 Å². The van der Waals surface area contributed by atoms with E-state index in [-0.39, 0.29) is 22.2 Å². The topological polar surface area (TPSA) is 31.4 Å². The van der Waals surface area contributed by atoms with Crippen LogP contribution in [0, 0.1) is 0 Å². The summed E-state index contributed by atoms with van der Waals surface area (Å²) < 4.78 is 0. The second-order valence-electron chi connectivity index (χ2n) is 12.8. The first-order valence-corrected chi connectivity index (χ1v) is 13.5. The average molecular weight is 477 g/mol. The molecule has 0 unspecified atom stereocenters. The molecule has 1 saturated heterocycles. The highest BCUT2D eigenvalue weighted by atomic mass is 16.7. The van der Waals surface area contributed by atoms with E-state index < -0.39 is 0 Å². The molecule has 6 heteroatoms. The number of piperazine rings is 1. The largest absolute Gasteiger partial charge is 0.371 e. The van der Waals surface area contributed by atoms with Gasteiger partial charge in [0.1, 0.15) is 0 Å². The standard InChI is InChI=1S/C28H52N4O2/c1-11-17-33-31-25(3,4)19-23(20-26(31,5)6)29-13-15-30(16-14-29)24-21-27(7,8)32(34-18-12-2)28(9,10)22-24/h19,21H,11-18,20,22H2,1-10H3. The van der Waals surface area contributed by atoms with Gasteiger partial charge in [0, 0.05) is 61.5 Å². The van der Waals surface area contributed by atoms with E-state index in [2.05, 4.69) is 101 Å². The van der Waals surface area contributed by atoms with Crippen LogP contribution >= 0.6 is 0 Å². The number of hydrogen-bond donors (Lipinski definition) is 0. The first kappa shape index (κ1) is 27.5. The van der Waals surface area contributed by atoms with Crippen LogP contribution < -0.4 is 0 Å². The van der Waals surface area contributed by atoms with Crippen molar-refractivity contribution in [3.05, 3.63) is 23.5 Å². The minimum Gasteiger partial charge on any atom is -0.371 e. The third-order valence-electron chi connectivity index (χ3n) is 7.35. The Labute approximate surface area is 209 Å². The van der Waals surface area contributed by atoms with Crippen LogP contribution in [0.2, 0.25) is 0 Å². The van der Waals surface area contributed by atoms with Crippen molar-refractivity contribution in [3.63, 3.8) is 0 Å². The molecule has 0 N–H and O–H groups in total. The number of rotatable bonds is 8. The highest BCUT2D eigenvalue weighted by molar-refractivity contribution is 5.22. The van der Waals surface area contributed by atoms with Crippen molar-refractivity contribution in [2.75, 3.05) is 39.4 Å². The molecule has 0 aromatic rings. The van der Waals surface area contributed by atoms with E-state index in [1.165, 1.54) is 11.4 Å². The second kappa shape index (κ2) is 10.1. The van der Waals surface area contributed by atoms with Crippen molar-refractivity contribution < 1.29 is 9.68 Å². The molecule has 3 aliphatic heterocycles. The normalized spacial score (nSPS) is 26.9. The number of hydroxylamine groups is 4. The Balaban J connectivity index is 1.70. The Kier molecular flexibility index (Phi) is 8.19. The van der Waals surface area contributed by atoms with Gasteiger partial charge in [0.15, 0.2) is 0 Å². The lowest BCUT2D eigenvalue weighted by Gasteiger charge is -2.53. The third kappa shape index (κ3) is 5.83. The van der Waals surface area contributed by atoms with Crippen LogP contribution in [-0.2, 0) is 9.68 Å². The van der Waals surface area contributed by atoms with Gasteiger partial charge >= 0.3 is 0 Å². The van der Waals surface area contributed by atoms with E-state index in [4.69, 9.17) is 9.68 Å². The predicted octanol–water partition coefficient (Wildman–Crippen LogP) is 5.58. The minimum atomic E-state index is -0.120. The first-order valence-electron chi connectivity index (χ1n) is 13.5. The van der Waals surface area contributed by atoms with E-state index >= 15 is 0 Å². The lowest BCUT2D eigenvalue weighted by Crippen LogP contribution is -2.60. The summed E-state index contributed by atoms with van der Waals surface area (Å²) in [6.07, 6.45) is 9.00. The van der Waals surface area contributed by atoms with Gasteiger partial charge in [-0.2, -0.15) is 10.1 Å². The second-order valence-corrected chi connectivity index (χ2v) is 12.8. The molecule has 34 heavy (non-hydrogen) atoms. The van der Waals surface area contributed by atoms with Gasteiger partial charge in [-0.15, -0.1) is 0 Å². The minimum absolute atomic E-state index is 0.0260. The first-order chi connectivity index (χ1) is 15.7. The maximum absolute atomic E-state index is 6.21. The lowest BCUT2D eigenvalue weighted by atomic mass is 9.84. The van der Waals surface area contributed by atoms with Crippen molar-refractivity contribution >= 4 is 0 Å². The van der Waals surface area contributed by atoms with Crippen LogP contribution in [-0.4, -0.2) is 81.5 Å². The van der Waals surface area contributed by atoms with Crippen LogP contribution in [0.3, 0.4) is 0 Å². The fourth-order valence-corrected chi connectivity index (χ4v) is 6.36. The molecule has 0 saturated carbocycles.